The third-order valence-corrected chi connectivity index (χ3v) is 3.25. The number of amides is 1. The molecule has 5 heteroatoms. The highest BCUT2D eigenvalue weighted by molar-refractivity contribution is 5.98. The fourth-order valence-corrected chi connectivity index (χ4v) is 2.46. The third kappa shape index (κ3) is 3.38. The fraction of sp³-hybridized carbons (Fsp3) is 0.500. The van der Waals surface area contributed by atoms with Crippen LogP contribution in [0.1, 0.15) is 37.0 Å². The van der Waals surface area contributed by atoms with Gasteiger partial charge in [0.25, 0.3) is 5.91 Å². The van der Waals surface area contributed by atoms with Crippen molar-refractivity contribution in [3.63, 3.8) is 0 Å². The summed E-state index contributed by atoms with van der Waals surface area (Å²) in [7, 11) is 0. The number of carbonyl (C=O) groups is 1. The number of nitrogen functional groups attached to an aromatic ring is 1. The summed E-state index contributed by atoms with van der Waals surface area (Å²) in [5.74, 6) is 0.0750. The van der Waals surface area contributed by atoms with Crippen LogP contribution in [0, 0.1) is 0 Å². The molecule has 0 saturated carbocycles. The van der Waals surface area contributed by atoms with Crippen molar-refractivity contribution in [2.24, 2.45) is 5.73 Å². The SMILES string of the molecule is CC1CC(Oc2ccc(N)c(C(N)=O)c2)CC(C)O1. The quantitative estimate of drug-likeness (QED) is 0.813. The number of benzene rings is 1. The minimum atomic E-state index is -0.545. The van der Waals surface area contributed by atoms with E-state index in [1.54, 1.807) is 18.2 Å². The molecule has 0 bridgehead atoms. The van der Waals surface area contributed by atoms with Crippen LogP contribution in [0.2, 0.25) is 0 Å². The number of anilines is 1. The molecule has 1 aliphatic rings. The lowest BCUT2D eigenvalue weighted by Gasteiger charge is -2.32. The molecule has 0 spiro atoms. The number of ether oxygens (including phenoxy) is 2. The average Bonchev–Trinajstić information content (AvgIpc) is 2.30. The third-order valence-electron chi connectivity index (χ3n) is 3.25. The summed E-state index contributed by atoms with van der Waals surface area (Å²) in [5, 5.41) is 0. The Bertz CT molecular complexity index is 466. The van der Waals surface area contributed by atoms with Gasteiger partial charge in [0.2, 0.25) is 0 Å². The van der Waals surface area contributed by atoms with Crippen LogP contribution in [0.5, 0.6) is 5.75 Å². The van der Waals surface area contributed by atoms with E-state index in [0.29, 0.717) is 17.0 Å². The Balaban J connectivity index is 2.10. The van der Waals surface area contributed by atoms with Gasteiger partial charge in [-0.2, -0.15) is 0 Å². The molecule has 1 heterocycles. The maximum absolute atomic E-state index is 11.2. The van der Waals surface area contributed by atoms with Crippen molar-refractivity contribution in [1.29, 1.82) is 0 Å². The number of primary amides is 1. The molecule has 1 fully saturated rings. The lowest BCUT2D eigenvalue weighted by Crippen LogP contribution is -2.35. The van der Waals surface area contributed by atoms with E-state index in [9.17, 15) is 4.79 Å². The summed E-state index contributed by atoms with van der Waals surface area (Å²) in [6.07, 6.45) is 2.11. The van der Waals surface area contributed by atoms with Gasteiger partial charge in [-0.1, -0.05) is 0 Å². The molecule has 5 nitrogen and oxygen atoms in total. The molecular weight excluding hydrogens is 244 g/mol. The zero-order chi connectivity index (χ0) is 14.0. The summed E-state index contributed by atoms with van der Waals surface area (Å²) < 4.78 is 11.6. The molecular formula is C14H20N2O3. The lowest BCUT2D eigenvalue weighted by atomic mass is 10.0. The smallest absolute Gasteiger partial charge is 0.250 e. The first-order chi connectivity index (χ1) is 8.95. The molecule has 2 rings (SSSR count). The summed E-state index contributed by atoms with van der Waals surface area (Å²) in [4.78, 5) is 11.2. The Morgan fingerprint density at radius 1 is 1.32 bits per heavy atom. The van der Waals surface area contributed by atoms with Gasteiger partial charge in [-0.25, -0.2) is 0 Å². The van der Waals surface area contributed by atoms with Crippen LogP contribution in [0.25, 0.3) is 0 Å². The van der Waals surface area contributed by atoms with Gasteiger partial charge in [0, 0.05) is 18.5 Å². The molecule has 0 aromatic heterocycles. The number of nitrogens with two attached hydrogens (primary N) is 2. The number of rotatable bonds is 3. The molecule has 2 atom stereocenters. The Morgan fingerprint density at radius 2 is 1.95 bits per heavy atom. The normalized spacial score (nSPS) is 26.9. The van der Waals surface area contributed by atoms with Crippen molar-refractivity contribution < 1.29 is 14.3 Å². The standard InChI is InChI=1S/C14H20N2O3/c1-8-5-11(6-9(2)18-8)19-10-3-4-13(15)12(7-10)14(16)17/h3-4,7-9,11H,5-6,15H2,1-2H3,(H2,16,17). The van der Waals surface area contributed by atoms with E-state index in [2.05, 4.69) is 0 Å². The second-order valence-electron chi connectivity index (χ2n) is 5.08. The summed E-state index contributed by atoms with van der Waals surface area (Å²) in [6.45, 7) is 4.06. The zero-order valence-electron chi connectivity index (χ0n) is 11.3. The summed E-state index contributed by atoms with van der Waals surface area (Å²) in [5.41, 5.74) is 11.6. The number of hydrogen-bond acceptors (Lipinski definition) is 4. The largest absolute Gasteiger partial charge is 0.490 e. The van der Waals surface area contributed by atoms with Crippen molar-refractivity contribution in [1.82, 2.24) is 0 Å². The van der Waals surface area contributed by atoms with Crippen LogP contribution in [0.3, 0.4) is 0 Å². The van der Waals surface area contributed by atoms with Gasteiger partial charge >= 0.3 is 0 Å². The van der Waals surface area contributed by atoms with Gasteiger partial charge in [0.1, 0.15) is 11.9 Å². The van der Waals surface area contributed by atoms with Gasteiger partial charge in [-0.15, -0.1) is 0 Å². The zero-order valence-corrected chi connectivity index (χ0v) is 11.3. The van der Waals surface area contributed by atoms with Gasteiger partial charge in [-0.05, 0) is 32.0 Å². The van der Waals surface area contributed by atoms with Crippen LogP contribution < -0.4 is 16.2 Å². The molecule has 0 radical (unpaired) electrons. The Hall–Kier alpha value is -1.75. The highest BCUT2D eigenvalue weighted by atomic mass is 16.5. The topological polar surface area (TPSA) is 87.6 Å². The first-order valence-corrected chi connectivity index (χ1v) is 6.47. The van der Waals surface area contributed by atoms with Gasteiger partial charge in [0.15, 0.2) is 0 Å². The molecule has 104 valence electrons. The van der Waals surface area contributed by atoms with E-state index in [1.807, 2.05) is 13.8 Å². The molecule has 1 aromatic carbocycles. The van der Waals surface area contributed by atoms with Crippen molar-refractivity contribution >= 4 is 11.6 Å². The lowest BCUT2D eigenvalue weighted by molar-refractivity contribution is -0.0721. The second-order valence-corrected chi connectivity index (χ2v) is 5.08. The van der Waals surface area contributed by atoms with Crippen LogP contribution in [0.15, 0.2) is 18.2 Å². The number of hydrogen-bond donors (Lipinski definition) is 2. The Labute approximate surface area is 112 Å². The van der Waals surface area contributed by atoms with Crippen LogP contribution in [-0.4, -0.2) is 24.2 Å². The molecule has 2 unspecified atom stereocenters. The van der Waals surface area contributed by atoms with Gasteiger partial charge in [-0.3, -0.25) is 4.79 Å². The van der Waals surface area contributed by atoms with Crippen molar-refractivity contribution in [2.45, 2.75) is 45.0 Å². The molecule has 1 amide bonds. The minimum Gasteiger partial charge on any atom is -0.490 e. The van der Waals surface area contributed by atoms with E-state index in [4.69, 9.17) is 20.9 Å². The molecule has 1 aliphatic heterocycles. The molecule has 1 aromatic rings. The van der Waals surface area contributed by atoms with E-state index in [0.717, 1.165) is 12.8 Å². The highest BCUT2D eigenvalue weighted by Crippen LogP contribution is 2.26. The van der Waals surface area contributed by atoms with Crippen LogP contribution >= 0.6 is 0 Å². The maximum atomic E-state index is 11.2. The van der Waals surface area contributed by atoms with Crippen molar-refractivity contribution in [3.8, 4) is 5.75 Å². The Morgan fingerprint density at radius 3 is 2.53 bits per heavy atom. The monoisotopic (exact) mass is 264 g/mol. The van der Waals surface area contributed by atoms with Crippen molar-refractivity contribution in [3.05, 3.63) is 23.8 Å². The van der Waals surface area contributed by atoms with E-state index >= 15 is 0 Å². The van der Waals surface area contributed by atoms with Gasteiger partial charge in [0.05, 0.1) is 17.8 Å². The van der Waals surface area contributed by atoms with E-state index < -0.39 is 5.91 Å². The Kier molecular flexibility index (Phi) is 3.95. The first kappa shape index (κ1) is 13.7. The molecule has 1 saturated heterocycles. The highest BCUT2D eigenvalue weighted by Gasteiger charge is 2.26. The van der Waals surface area contributed by atoms with E-state index in [1.165, 1.54) is 0 Å². The predicted molar refractivity (Wildman–Crippen MR) is 73.0 cm³/mol. The predicted octanol–water partition coefficient (Wildman–Crippen LogP) is 1.70. The van der Waals surface area contributed by atoms with E-state index in [-0.39, 0.29) is 18.3 Å². The summed E-state index contributed by atoms with van der Waals surface area (Å²) in [6, 6.07) is 5.00. The average molecular weight is 264 g/mol. The molecule has 4 N–H and O–H groups in total. The van der Waals surface area contributed by atoms with Gasteiger partial charge < -0.3 is 20.9 Å². The maximum Gasteiger partial charge on any atom is 0.250 e. The molecule has 0 aliphatic carbocycles. The van der Waals surface area contributed by atoms with Crippen LogP contribution in [-0.2, 0) is 4.74 Å². The number of carbonyl (C=O) groups excluding carboxylic acids is 1. The van der Waals surface area contributed by atoms with Crippen molar-refractivity contribution in [2.75, 3.05) is 5.73 Å². The first-order valence-electron chi connectivity index (χ1n) is 6.47. The van der Waals surface area contributed by atoms with Crippen LogP contribution in [0.4, 0.5) is 5.69 Å². The summed E-state index contributed by atoms with van der Waals surface area (Å²) >= 11 is 0. The fourth-order valence-electron chi connectivity index (χ4n) is 2.46. The minimum absolute atomic E-state index is 0.0862. The second kappa shape index (κ2) is 5.48. The molecule has 19 heavy (non-hydrogen) atoms.